The Morgan fingerprint density at radius 3 is 2.18 bits per heavy atom. The fourth-order valence-electron chi connectivity index (χ4n) is 6.56. The van der Waals surface area contributed by atoms with Crippen molar-refractivity contribution in [2.75, 3.05) is 11.9 Å². The van der Waals surface area contributed by atoms with Crippen LogP contribution in [0.4, 0.5) is 5.69 Å². The van der Waals surface area contributed by atoms with E-state index in [-0.39, 0.29) is 0 Å². The van der Waals surface area contributed by atoms with Crippen molar-refractivity contribution in [2.45, 2.75) is 38.5 Å². The molecule has 3 nitrogen and oxygen atoms in total. The molecule has 5 aromatic rings. The summed E-state index contributed by atoms with van der Waals surface area (Å²) >= 11 is 0. The Morgan fingerprint density at radius 2 is 1.38 bits per heavy atom. The van der Waals surface area contributed by atoms with Crippen LogP contribution in [0.15, 0.2) is 91.0 Å². The number of aromatic nitrogens is 1. The summed E-state index contributed by atoms with van der Waals surface area (Å²) in [6.45, 7) is 4.64. The van der Waals surface area contributed by atoms with E-state index in [1.54, 1.807) is 0 Å². The number of rotatable bonds is 2. The van der Waals surface area contributed by atoms with E-state index >= 15 is 0 Å². The van der Waals surface area contributed by atoms with E-state index in [9.17, 15) is 0 Å². The number of hydrogen-bond donors (Lipinski definition) is 0. The van der Waals surface area contributed by atoms with Gasteiger partial charge in [0.25, 0.3) is 0 Å². The van der Waals surface area contributed by atoms with E-state index < -0.39 is 0 Å². The van der Waals surface area contributed by atoms with E-state index in [4.69, 9.17) is 0 Å². The lowest BCUT2D eigenvalue weighted by Gasteiger charge is -2.47. The van der Waals surface area contributed by atoms with Gasteiger partial charge in [0, 0.05) is 28.2 Å². The van der Waals surface area contributed by atoms with Crippen molar-refractivity contribution >= 4 is 27.5 Å². The largest absolute Gasteiger partial charge is 0.349 e. The van der Waals surface area contributed by atoms with Gasteiger partial charge < -0.3 is 9.47 Å². The normalized spacial score (nSPS) is 22.0. The van der Waals surface area contributed by atoms with Crippen molar-refractivity contribution in [3.63, 3.8) is 0 Å². The summed E-state index contributed by atoms with van der Waals surface area (Å²) in [7, 11) is 2.29. The molecule has 2 heterocycles. The van der Waals surface area contributed by atoms with E-state index in [1.165, 1.54) is 49.9 Å². The van der Waals surface area contributed by atoms with Gasteiger partial charge in [-0.15, -0.1) is 0 Å². The molecule has 1 aliphatic heterocycles. The predicted molar refractivity (Wildman–Crippen MR) is 142 cm³/mol. The lowest BCUT2D eigenvalue weighted by Crippen LogP contribution is -2.50. The van der Waals surface area contributed by atoms with Crippen LogP contribution in [0, 0.1) is 6.92 Å². The standard InChI is InChI=1S/C31H29N3/c1-20-17-30-26(25-15-9-10-16-27(25)34(30)22-11-5-4-6-12-22)18-28(20)33-21(2)32(3)29-19-31(33)24-14-8-7-13-23(24)29/h4-18,21,29,31H,19H2,1-3H3. The van der Waals surface area contributed by atoms with Crippen LogP contribution in [0.5, 0.6) is 0 Å². The number of anilines is 1. The summed E-state index contributed by atoms with van der Waals surface area (Å²) in [5.41, 5.74) is 9.42. The zero-order valence-corrected chi connectivity index (χ0v) is 19.9. The predicted octanol–water partition coefficient (Wildman–Crippen LogP) is 7.38. The van der Waals surface area contributed by atoms with Crippen LogP contribution in [0.2, 0.25) is 0 Å². The number of benzene rings is 4. The summed E-state index contributed by atoms with van der Waals surface area (Å²) in [6, 6.07) is 34.4. The molecular weight excluding hydrogens is 414 g/mol. The fraction of sp³-hybridized carbons (Fsp3) is 0.226. The second kappa shape index (κ2) is 7.22. The molecule has 7 rings (SSSR count). The molecule has 4 aromatic carbocycles. The van der Waals surface area contributed by atoms with E-state index in [1.807, 2.05) is 0 Å². The molecule has 3 atom stereocenters. The van der Waals surface area contributed by atoms with Gasteiger partial charge in [-0.25, -0.2) is 0 Å². The molecule has 1 aromatic heterocycles. The van der Waals surface area contributed by atoms with Crippen molar-refractivity contribution in [3.05, 3.63) is 108 Å². The third-order valence-electron chi connectivity index (χ3n) is 8.26. The zero-order valence-electron chi connectivity index (χ0n) is 19.9. The minimum Gasteiger partial charge on any atom is -0.349 e. The highest BCUT2D eigenvalue weighted by molar-refractivity contribution is 6.10. The van der Waals surface area contributed by atoms with Crippen LogP contribution >= 0.6 is 0 Å². The second-order valence-electron chi connectivity index (χ2n) is 9.94. The molecule has 1 aliphatic carbocycles. The van der Waals surface area contributed by atoms with Gasteiger partial charge in [-0.3, -0.25) is 4.90 Å². The SMILES string of the molecule is Cc1cc2c(cc1N1C3CC(c4ccccc43)N(C)C1C)c1ccccc1n2-c1ccccc1. The van der Waals surface area contributed by atoms with Crippen LogP contribution in [0.25, 0.3) is 27.5 Å². The monoisotopic (exact) mass is 443 g/mol. The van der Waals surface area contributed by atoms with Gasteiger partial charge in [0.2, 0.25) is 0 Å². The number of nitrogens with zero attached hydrogens (tertiary/aromatic N) is 3. The molecule has 0 N–H and O–H groups in total. The lowest BCUT2D eigenvalue weighted by molar-refractivity contribution is 0.131. The summed E-state index contributed by atoms with van der Waals surface area (Å²) < 4.78 is 2.41. The Balaban J connectivity index is 1.48. The Bertz CT molecular complexity index is 1550. The third kappa shape index (κ3) is 2.62. The summed E-state index contributed by atoms with van der Waals surface area (Å²) in [5, 5.41) is 2.63. The van der Waals surface area contributed by atoms with Crippen LogP contribution in [-0.2, 0) is 0 Å². The highest BCUT2D eigenvalue weighted by Crippen LogP contribution is 2.52. The first-order valence-corrected chi connectivity index (χ1v) is 12.3. The Labute approximate surface area is 200 Å². The van der Waals surface area contributed by atoms with Crippen LogP contribution in [0.3, 0.4) is 0 Å². The number of fused-ring (bicyclic) bond motifs is 8. The van der Waals surface area contributed by atoms with Gasteiger partial charge in [-0.05, 0) is 74.3 Å². The zero-order chi connectivity index (χ0) is 23.0. The fourth-order valence-corrected chi connectivity index (χ4v) is 6.56. The molecule has 3 unspecified atom stereocenters. The third-order valence-corrected chi connectivity index (χ3v) is 8.26. The molecule has 2 bridgehead atoms. The lowest BCUT2D eigenvalue weighted by atomic mass is 10.0. The first-order valence-electron chi connectivity index (χ1n) is 12.3. The van der Waals surface area contributed by atoms with E-state index in [0.29, 0.717) is 18.2 Å². The van der Waals surface area contributed by atoms with Gasteiger partial charge >= 0.3 is 0 Å². The highest BCUT2D eigenvalue weighted by Gasteiger charge is 2.45. The Morgan fingerprint density at radius 1 is 0.706 bits per heavy atom. The molecule has 3 heteroatoms. The smallest absolute Gasteiger partial charge is 0.0801 e. The quantitative estimate of drug-likeness (QED) is 0.282. The number of hydrogen-bond acceptors (Lipinski definition) is 2. The van der Waals surface area contributed by atoms with Gasteiger partial charge in [-0.2, -0.15) is 0 Å². The topological polar surface area (TPSA) is 11.4 Å². The average molecular weight is 444 g/mol. The van der Waals surface area contributed by atoms with E-state index in [2.05, 4.69) is 126 Å². The molecule has 2 aliphatic rings. The van der Waals surface area contributed by atoms with Gasteiger partial charge in [-0.1, -0.05) is 60.7 Å². The molecule has 34 heavy (non-hydrogen) atoms. The van der Waals surface area contributed by atoms with Crippen molar-refractivity contribution in [3.8, 4) is 5.69 Å². The summed E-state index contributed by atoms with van der Waals surface area (Å²) in [4.78, 5) is 5.23. The molecule has 1 saturated heterocycles. The minimum absolute atomic E-state index is 0.328. The molecule has 0 amide bonds. The summed E-state index contributed by atoms with van der Waals surface area (Å²) in [6.07, 6.45) is 1.48. The second-order valence-corrected chi connectivity index (χ2v) is 9.94. The molecule has 168 valence electrons. The average Bonchev–Trinajstić information content (AvgIpc) is 3.38. The molecular formula is C31H29N3. The molecule has 0 saturated carbocycles. The first-order chi connectivity index (χ1) is 16.6. The maximum Gasteiger partial charge on any atom is 0.0801 e. The van der Waals surface area contributed by atoms with Crippen LogP contribution < -0.4 is 4.90 Å². The van der Waals surface area contributed by atoms with Crippen LogP contribution in [-0.4, -0.2) is 22.7 Å². The molecule has 0 radical (unpaired) electrons. The Kier molecular flexibility index (Phi) is 4.22. The highest BCUT2D eigenvalue weighted by atomic mass is 15.4. The first kappa shape index (κ1) is 19.9. The summed E-state index contributed by atoms with van der Waals surface area (Å²) in [5.74, 6) is 0. The van der Waals surface area contributed by atoms with Gasteiger partial charge in [0.05, 0.1) is 23.2 Å². The van der Waals surface area contributed by atoms with Gasteiger partial charge in [0.15, 0.2) is 0 Å². The Hall–Kier alpha value is -3.56. The number of para-hydroxylation sites is 2. The maximum atomic E-state index is 2.67. The minimum atomic E-state index is 0.328. The van der Waals surface area contributed by atoms with Crippen molar-refractivity contribution < 1.29 is 0 Å². The molecule has 0 spiro atoms. The van der Waals surface area contributed by atoms with Gasteiger partial charge in [0.1, 0.15) is 0 Å². The van der Waals surface area contributed by atoms with Crippen LogP contribution in [0.1, 0.15) is 42.1 Å². The van der Waals surface area contributed by atoms with Crippen molar-refractivity contribution in [1.82, 2.24) is 9.47 Å². The van der Waals surface area contributed by atoms with E-state index in [0.717, 1.165) is 6.42 Å². The van der Waals surface area contributed by atoms with Crippen molar-refractivity contribution in [2.24, 2.45) is 0 Å². The molecule has 1 fully saturated rings. The van der Waals surface area contributed by atoms with Crippen molar-refractivity contribution in [1.29, 1.82) is 0 Å². The number of aryl methyl sites for hydroxylation is 1. The maximum absolute atomic E-state index is 2.67.